The molecule has 5 heteroatoms. The van der Waals surface area contributed by atoms with Crippen LogP contribution in [0.2, 0.25) is 0 Å². The van der Waals surface area contributed by atoms with Crippen LogP contribution in [0.5, 0.6) is 0 Å². The number of rotatable bonds is 5. The Balaban J connectivity index is 1.84. The van der Waals surface area contributed by atoms with Crippen molar-refractivity contribution in [3.8, 4) is 0 Å². The summed E-state index contributed by atoms with van der Waals surface area (Å²) in [7, 11) is 0. The lowest BCUT2D eigenvalue weighted by atomic mass is 10.4. The zero-order valence-electron chi connectivity index (χ0n) is 9.60. The molecule has 0 aliphatic rings. The van der Waals surface area contributed by atoms with Crippen molar-refractivity contribution < 1.29 is 0 Å². The van der Waals surface area contributed by atoms with E-state index in [0.717, 1.165) is 30.3 Å². The second-order valence-corrected chi connectivity index (χ2v) is 4.66. The lowest BCUT2D eigenvalue weighted by molar-refractivity contribution is 0.579. The van der Waals surface area contributed by atoms with Gasteiger partial charge in [0.15, 0.2) is 0 Å². The first-order valence-corrected chi connectivity index (χ1v) is 6.30. The molecule has 0 bridgehead atoms. The molecule has 16 heavy (non-hydrogen) atoms. The Morgan fingerprint density at radius 3 is 3.00 bits per heavy atom. The molecule has 4 nitrogen and oxygen atoms in total. The summed E-state index contributed by atoms with van der Waals surface area (Å²) in [4.78, 5) is 4.41. The van der Waals surface area contributed by atoms with Crippen molar-refractivity contribution >= 4 is 11.3 Å². The Kier molecular flexibility index (Phi) is 3.69. The predicted molar refractivity (Wildman–Crippen MR) is 65.3 cm³/mol. The molecule has 86 valence electrons. The van der Waals surface area contributed by atoms with Crippen LogP contribution in [0.4, 0.5) is 0 Å². The number of hydrogen-bond donors (Lipinski definition) is 1. The van der Waals surface area contributed by atoms with Gasteiger partial charge in [-0.25, -0.2) is 4.98 Å². The fraction of sp³-hybridized carbons (Fsp3) is 0.455. The van der Waals surface area contributed by atoms with Crippen LogP contribution in [0.25, 0.3) is 0 Å². The van der Waals surface area contributed by atoms with Gasteiger partial charge in [-0.15, -0.1) is 11.3 Å². The molecule has 0 saturated heterocycles. The predicted octanol–water partition coefficient (Wildman–Crippen LogP) is 1.96. The zero-order chi connectivity index (χ0) is 11.4. The lowest BCUT2D eigenvalue weighted by Crippen LogP contribution is -2.16. The van der Waals surface area contributed by atoms with Crippen molar-refractivity contribution in [3.63, 3.8) is 0 Å². The minimum Gasteiger partial charge on any atom is -0.305 e. The van der Waals surface area contributed by atoms with Crippen molar-refractivity contribution in [1.82, 2.24) is 20.1 Å². The summed E-state index contributed by atoms with van der Waals surface area (Å²) in [5.74, 6) is 0. The summed E-state index contributed by atoms with van der Waals surface area (Å²) in [5, 5.41) is 10.8. The van der Waals surface area contributed by atoms with Crippen LogP contribution in [0.3, 0.4) is 0 Å². The fourth-order valence-corrected chi connectivity index (χ4v) is 2.22. The van der Waals surface area contributed by atoms with Crippen LogP contribution in [0.1, 0.15) is 23.3 Å². The normalized spacial score (nSPS) is 10.9. The van der Waals surface area contributed by atoms with Gasteiger partial charge in [-0.3, -0.25) is 4.68 Å². The van der Waals surface area contributed by atoms with Crippen LogP contribution in [0.15, 0.2) is 17.6 Å². The van der Waals surface area contributed by atoms with E-state index in [1.807, 2.05) is 23.9 Å². The molecule has 1 N–H and O–H groups in total. The Morgan fingerprint density at radius 2 is 2.31 bits per heavy atom. The SMILES string of the molecule is CCn1nccc1CNCc1csc(C)n1. The number of aryl methyl sites for hydroxylation is 2. The first kappa shape index (κ1) is 11.3. The van der Waals surface area contributed by atoms with Gasteiger partial charge < -0.3 is 5.32 Å². The summed E-state index contributed by atoms with van der Waals surface area (Å²) in [5.41, 5.74) is 2.33. The minimum absolute atomic E-state index is 0.819. The van der Waals surface area contributed by atoms with E-state index < -0.39 is 0 Å². The van der Waals surface area contributed by atoms with Gasteiger partial charge in [0.05, 0.1) is 16.4 Å². The van der Waals surface area contributed by atoms with Crippen molar-refractivity contribution in [1.29, 1.82) is 0 Å². The largest absolute Gasteiger partial charge is 0.305 e. The number of hydrogen-bond acceptors (Lipinski definition) is 4. The maximum atomic E-state index is 4.41. The van der Waals surface area contributed by atoms with E-state index >= 15 is 0 Å². The molecule has 0 amide bonds. The summed E-state index contributed by atoms with van der Waals surface area (Å²) in [6.07, 6.45) is 1.84. The topological polar surface area (TPSA) is 42.7 Å². The molecule has 0 aliphatic carbocycles. The van der Waals surface area contributed by atoms with E-state index in [2.05, 4.69) is 27.7 Å². The summed E-state index contributed by atoms with van der Waals surface area (Å²) >= 11 is 1.69. The molecule has 0 saturated carbocycles. The highest BCUT2D eigenvalue weighted by Crippen LogP contribution is 2.07. The smallest absolute Gasteiger partial charge is 0.0897 e. The van der Waals surface area contributed by atoms with Gasteiger partial charge in [0.25, 0.3) is 0 Å². The van der Waals surface area contributed by atoms with Gasteiger partial charge in [-0.1, -0.05) is 0 Å². The number of nitrogens with one attached hydrogen (secondary N) is 1. The zero-order valence-corrected chi connectivity index (χ0v) is 10.4. The molecule has 2 rings (SSSR count). The summed E-state index contributed by atoms with van der Waals surface area (Å²) < 4.78 is 2.00. The van der Waals surface area contributed by atoms with Crippen LogP contribution in [-0.2, 0) is 19.6 Å². The maximum absolute atomic E-state index is 4.41. The third-order valence-corrected chi connectivity index (χ3v) is 3.21. The molecule has 2 aromatic heterocycles. The lowest BCUT2D eigenvalue weighted by Gasteiger charge is -2.05. The van der Waals surface area contributed by atoms with Gasteiger partial charge in [-0.05, 0) is 19.9 Å². The Morgan fingerprint density at radius 1 is 1.44 bits per heavy atom. The second-order valence-electron chi connectivity index (χ2n) is 3.60. The van der Waals surface area contributed by atoms with Gasteiger partial charge >= 0.3 is 0 Å². The average Bonchev–Trinajstić information content (AvgIpc) is 2.87. The number of aromatic nitrogens is 3. The van der Waals surface area contributed by atoms with Crippen LogP contribution in [-0.4, -0.2) is 14.8 Å². The summed E-state index contributed by atoms with van der Waals surface area (Å²) in [6, 6.07) is 2.04. The molecule has 2 aromatic rings. The first-order chi connectivity index (χ1) is 7.79. The monoisotopic (exact) mass is 236 g/mol. The van der Waals surface area contributed by atoms with E-state index in [1.165, 1.54) is 5.69 Å². The number of thiazole rings is 1. The molecule has 0 unspecified atom stereocenters. The fourth-order valence-electron chi connectivity index (χ4n) is 1.60. The number of nitrogens with zero attached hydrogens (tertiary/aromatic N) is 3. The molecular weight excluding hydrogens is 220 g/mol. The summed E-state index contributed by atoms with van der Waals surface area (Å²) in [6.45, 7) is 6.70. The third-order valence-electron chi connectivity index (χ3n) is 2.38. The van der Waals surface area contributed by atoms with Gasteiger partial charge in [0.2, 0.25) is 0 Å². The second kappa shape index (κ2) is 5.23. The highest BCUT2D eigenvalue weighted by Gasteiger charge is 2.01. The van der Waals surface area contributed by atoms with Gasteiger partial charge in [-0.2, -0.15) is 5.10 Å². The van der Waals surface area contributed by atoms with Crippen LogP contribution >= 0.6 is 11.3 Å². The van der Waals surface area contributed by atoms with E-state index in [0.29, 0.717) is 0 Å². The maximum Gasteiger partial charge on any atom is 0.0897 e. The van der Waals surface area contributed by atoms with Gasteiger partial charge in [0.1, 0.15) is 0 Å². The van der Waals surface area contributed by atoms with E-state index in [9.17, 15) is 0 Å². The van der Waals surface area contributed by atoms with Crippen molar-refractivity contribution in [2.24, 2.45) is 0 Å². The quantitative estimate of drug-likeness (QED) is 0.863. The van der Waals surface area contributed by atoms with Crippen molar-refractivity contribution in [2.75, 3.05) is 0 Å². The Hall–Kier alpha value is -1.20. The van der Waals surface area contributed by atoms with Crippen LogP contribution < -0.4 is 5.32 Å². The molecule has 0 aliphatic heterocycles. The standard InChI is InChI=1S/C11H16N4S/c1-3-15-11(4-5-13-15)7-12-6-10-8-16-9(2)14-10/h4-5,8,12H,3,6-7H2,1-2H3. The van der Waals surface area contributed by atoms with E-state index in [1.54, 1.807) is 11.3 Å². The average molecular weight is 236 g/mol. The Bertz CT molecular complexity index is 446. The van der Waals surface area contributed by atoms with Gasteiger partial charge in [0, 0.05) is 31.2 Å². The van der Waals surface area contributed by atoms with Crippen LogP contribution in [0, 0.1) is 6.92 Å². The van der Waals surface area contributed by atoms with Crippen molar-refractivity contribution in [3.05, 3.63) is 34.0 Å². The first-order valence-electron chi connectivity index (χ1n) is 5.42. The molecular formula is C11H16N4S. The molecule has 0 fully saturated rings. The van der Waals surface area contributed by atoms with Crippen molar-refractivity contribution in [2.45, 2.75) is 33.5 Å². The van der Waals surface area contributed by atoms with E-state index in [4.69, 9.17) is 0 Å². The molecule has 0 radical (unpaired) electrons. The highest BCUT2D eigenvalue weighted by molar-refractivity contribution is 7.09. The Labute approximate surface area is 99.3 Å². The molecule has 0 aromatic carbocycles. The third kappa shape index (κ3) is 2.68. The minimum atomic E-state index is 0.819. The molecule has 2 heterocycles. The van der Waals surface area contributed by atoms with E-state index in [-0.39, 0.29) is 0 Å². The molecule has 0 atom stereocenters. The highest BCUT2D eigenvalue weighted by atomic mass is 32.1. The molecule has 0 spiro atoms.